The van der Waals surface area contributed by atoms with Crippen LogP contribution in [0.5, 0.6) is 23.0 Å². The molecule has 0 saturated heterocycles. The molecule has 0 unspecified atom stereocenters. The van der Waals surface area contributed by atoms with Gasteiger partial charge in [0.05, 0.1) is 27.4 Å². The molecule has 0 spiro atoms. The summed E-state index contributed by atoms with van der Waals surface area (Å²) in [6, 6.07) is 5.35. The quantitative estimate of drug-likeness (QED) is 0.641. The third-order valence-electron chi connectivity index (χ3n) is 4.19. The van der Waals surface area contributed by atoms with Crippen molar-refractivity contribution in [3.63, 3.8) is 0 Å². The summed E-state index contributed by atoms with van der Waals surface area (Å²) >= 11 is 0. The first-order valence-corrected chi connectivity index (χ1v) is 8.89. The van der Waals surface area contributed by atoms with Crippen LogP contribution in [0.1, 0.15) is 40.4 Å². The molecule has 29 heavy (non-hydrogen) atoms. The third-order valence-corrected chi connectivity index (χ3v) is 4.19. The van der Waals surface area contributed by atoms with Crippen molar-refractivity contribution in [2.75, 3.05) is 21.3 Å². The molecule has 9 nitrogen and oxygen atoms in total. The number of carbonyl (C=O) groups excluding carboxylic acids is 2. The standard InChI is InChI=1S/C20H25NO8/c1-11(2)29-14-10-12(6-7-13(14)26-3)8-9-21-15(19(24)27-4)17(22)18(23)16(21)20(25)28-5/h6-7,10-11,22-23H,8-9H2,1-5H3. The van der Waals surface area contributed by atoms with E-state index in [1.807, 2.05) is 19.9 Å². The number of benzene rings is 1. The van der Waals surface area contributed by atoms with E-state index in [4.69, 9.17) is 9.47 Å². The first-order chi connectivity index (χ1) is 13.7. The van der Waals surface area contributed by atoms with E-state index in [2.05, 4.69) is 9.47 Å². The van der Waals surface area contributed by atoms with Crippen molar-refractivity contribution in [1.29, 1.82) is 0 Å². The fourth-order valence-electron chi connectivity index (χ4n) is 2.89. The van der Waals surface area contributed by atoms with Gasteiger partial charge in [0.2, 0.25) is 0 Å². The van der Waals surface area contributed by atoms with Crippen LogP contribution < -0.4 is 9.47 Å². The summed E-state index contributed by atoms with van der Waals surface area (Å²) in [6.45, 7) is 3.86. The number of aryl methyl sites for hydroxylation is 1. The second-order valence-corrected chi connectivity index (χ2v) is 6.43. The van der Waals surface area contributed by atoms with Crippen LogP contribution in [-0.2, 0) is 22.4 Å². The van der Waals surface area contributed by atoms with Gasteiger partial charge in [0, 0.05) is 6.54 Å². The Morgan fingerprint density at radius 3 is 1.97 bits per heavy atom. The molecule has 0 atom stereocenters. The van der Waals surface area contributed by atoms with E-state index in [0.29, 0.717) is 17.9 Å². The molecule has 1 aromatic carbocycles. The summed E-state index contributed by atoms with van der Waals surface area (Å²) in [7, 11) is 3.80. The van der Waals surface area contributed by atoms with Gasteiger partial charge in [-0.05, 0) is 38.0 Å². The van der Waals surface area contributed by atoms with Crippen molar-refractivity contribution in [2.45, 2.75) is 32.9 Å². The minimum Gasteiger partial charge on any atom is -0.503 e. The number of hydrogen-bond acceptors (Lipinski definition) is 8. The predicted octanol–water partition coefficient (Wildman–Crippen LogP) is 2.51. The Morgan fingerprint density at radius 1 is 0.966 bits per heavy atom. The fraction of sp³-hybridized carbons (Fsp3) is 0.400. The van der Waals surface area contributed by atoms with Gasteiger partial charge in [-0.1, -0.05) is 6.07 Å². The molecule has 0 amide bonds. The van der Waals surface area contributed by atoms with Crippen LogP contribution in [0, 0.1) is 0 Å². The Hall–Kier alpha value is -3.36. The zero-order chi connectivity index (χ0) is 21.7. The maximum absolute atomic E-state index is 12.1. The van der Waals surface area contributed by atoms with E-state index in [0.717, 1.165) is 19.8 Å². The summed E-state index contributed by atoms with van der Waals surface area (Å²) in [4.78, 5) is 24.2. The van der Waals surface area contributed by atoms with Crippen LogP contribution in [0.15, 0.2) is 18.2 Å². The molecule has 9 heteroatoms. The Labute approximate surface area is 168 Å². The van der Waals surface area contributed by atoms with E-state index < -0.39 is 23.4 Å². The third kappa shape index (κ3) is 4.56. The van der Waals surface area contributed by atoms with Crippen molar-refractivity contribution in [3.05, 3.63) is 35.2 Å². The first-order valence-electron chi connectivity index (χ1n) is 8.89. The number of hydrogen-bond donors (Lipinski definition) is 2. The maximum atomic E-state index is 12.1. The lowest BCUT2D eigenvalue weighted by molar-refractivity contribution is 0.0575. The number of methoxy groups -OCH3 is 3. The number of esters is 2. The molecule has 1 heterocycles. The van der Waals surface area contributed by atoms with Crippen molar-refractivity contribution in [1.82, 2.24) is 4.57 Å². The van der Waals surface area contributed by atoms with Crippen molar-refractivity contribution in [3.8, 4) is 23.0 Å². The molecular weight excluding hydrogens is 382 g/mol. The molecule has 0 saturated carbocycles. The van der Waals surface area contributed by atoms with Gasteiger partial charge >= 0.3 is 11.9 Å². The van der Waals surface area contributed by atoms with E-state index in [-0.39, 0.29) is 24.0 Å². The summed E-state index contributed by atoms with van der Waals surface area (Å²) in [6.07, 6.45) is 0.286. The smallest absolute Gasteiger partial charge is 0.358 e. The van der Waals surface area contributed by atoms with Crippen LogP contribution in [0.4, 0.5) is 0 Å². The van der Waals surface area contributed by atoms with Crippen LogP contribution in [0.3, 0.4) is 0 Å². The molecule has 1 aromatic heterocycles. The summed E-state index contributed by atoms with van der Waals surface area (Å²) in [5.41, 5.74) is 0.149. The number of aromatic nitrogens is 1. The molecule has 158 valence electrons. The van der Waals surface area contributed by atoms with Crippen molar-refractivity contribution in [2.24, 2.45) is 0 Å². The lowest BCUT2D eigenvalue weighted by atomic mass is 10.1. The van der Waals surface area contributed by atoms with Crippen LogP contribution in [0.25, 0.3) is 0 Å². The highest BCUT2D eigenvalue weighted by Crippen LogP contribution is 2.37. The van der Waals surface area contributed by atoms with E-state index >= 15 is 0 Å². The molecule has 0 radical (unpaired) electrons. The van der Waals surface area contributed by atoms with E-state index in [1.54, 1.807) is 19.2 Å². The van der Waals surface area contributed by atoms with Gasteiger partial charge in [-0.3, -0.25) is 0 Å². The zero-order valence-corrected chi connectivity index (χ0v) is 17.0. The molecule has 0 aliphatic heterocycles. The topological polar surface area (TPSA) is 116 Å². The molecule has 2 N–H and O–H groups in total. The number of aromatic hydroxyl groups is 2. The molecule has 0 bridgehead atoms. The Morgan fingerprint density at radius 2 is 1.52 bits per heavy atom. The lowest BCUT2D eigenvalue weighted by Gasteiger charge is -2.15. The zero-order valence-electron chi connectivity index (χ0n) is 17.0. The summed E-state index contributed by atoms with van der Waals surface area (Å²) in [5.74, 6) is -2.14. The Kier molecular flexibility index (Phi) is 6.98. The van der Waals surface area contributed by atoms with E-state index in [9.17, 15) is 19.8 Å². The monoisotopic (exact) mass is 407 g/mol. The molecule has 2 aromatic rings. The average Bonchev–Trinajstić information content (AvgIpc) is 2.95. The highest BCUT2D eigenvalue weighted by molar-refractivity contribution is 5.99. The number of carbonyl (C=O) groups is 2. The van der Waals surface area contributed by atoms with Gasteiger partial charge in [0.25, 0.3) is 0 Å². The van der Waals surface area contributed by atoms with Gasteiger partial charge in [-0.15, -0.1) is 0 Å². The normalized spacial score (nSPS) is 10.7. The Balaban J connectivity index is 2.43. The van der Waals surface area contributed by atoms with Crippen LogP contribution in [0.2, 0.25) is 0 Å². The number of ether oxygens (including phenoxy) is 4. The molecular formula is C20H25NO8. The van der Waals surface area contributed by atoms with Gasteiger partial charge in [0.1, 0.15) is 0 Å². The summed E-state index contributed by atoms with van der Waals surface area (Å²) in [5, 5.41) is 20.3. The Bertz CT molecular complexity index is 861. The number of rotatable bonds is 8. The fourth-order valence-corrected chi connectivity index (χ4v) is 2.89. The predicted molar refractivity (Wildman–Crippen MR) is 103 cm³/mol. The van der Waals surface area contributed by atoms with Crippen LogP contribution in [-0.4, -0.2) is 54.2 Å². The molecule has 2 rings (SSSR count). The summed E-state index contributed by atoms with van der Waals surface area (Å²) < 4.78 is 21.6. The highest BCUT2D eigenvalue weighted by atomic mass is 16.5. The van der Waals surface area contributed by atoms with Crippen molar-refractivity contribution >= 4 is 11.9 Å². The van der Waals surface area contributed by atoms with E-state index in [1.165, 1.54) is 4.57 Å². The first kappa shape index (κ1) is 21.9. The van der Waals surface area contributed by atoms with Crippen LogP contribution >= 0.6 is 0 Å². The van der Waals surface area contributed by atoms with Gasteiger partial charge in [-0.25, -0.2) is 9.59 Å². The minimum absolute atomic E-state index is 0.0608. The molecule has 0 aliphatic carbocycles. The maximum Gasteiger partial charge on any atom is 0.358 e. The lowest BCUT2D eigenvalue weighted by Crippen LogP contribution is -2.18. The second-order valence-electron chi connectivity index (χ2n) is 6.43. The molecule has 0 aliphatic rings. The van der Waals surface area contributed by atoms with Crippen molar-refractivity contribution < 1.29 is 38.7 Å². The average molecular weight is 407 g/mol. The second kappa shape index (κ2) is 9.22. The SMILES string of the molecule is COC(=O)c1c(O)c(O)c(C(=O)OC)n1CCc1ccc(OC)c(OC(C)C)c1. The highest BCUT2D eigenvalue weighted by Gasteiger charge is 2.31. The van der Waals surface area contributed by atoms with Gasteiger partial charge in [-0.2, -0.15) is 0 Å². The van der Waals surface area contributed by atoms with Gasteiger partial charge < -0.3 is 33.7 Å². The van der Waals surface area contributed by atoms with Gasteiger partial charge in [0.15, 0.2) is 34.4 Å². The number of nitrogens with zero attached hydrogens (tertiary/aromatic N) is 1. The largest absolute Gasteiger partial charge is 0.503 e. The molecule has 0 fully saturated rings. The minimum atomic E-state index is -0.897.